The van der Waals surface area contributed by atoms with E-state index in [1.165, 1.54) is 12.2 Å². The van der Waals surface area contributed by atoms with Crippen molar-refractivity contribution in [2.45, 2.75) is 17.5 Å². The number of nitrogens with one attached hydrogen (secondary N) is 1. The van der Waals surface area contributed by atoms with Gasteiger partial charge in [-0.3, -0.25) is 14.0 Å². The molecule has 3 aromatic rings. The van der Waals surface area contributed by atoms with Crippen molar-refractivity contribution in [1.29, 1.82) is 0 Å². The summed E-state index contributed by atoms with van der Waals surface area (Å²) >= 11 is 0. The van der Waals surface area contributed by atoms with Gasteiger partial charge in [0, 0.05) is 31.0 Å². The summed E-state index contributed by atoms with van der Waals surface area (Å²) in [6.07, 6.45) is 1.57. The fourth-order valence-electron chi connectivity index (χ4n) is 2.92. The molecule has 146 valence electrons. The molecule has 1 N–H and O–H groups in total. The van der Waals surface area contributed by atoms with Crippen LogP contribution in [0.15, 0.2) is 35.6 Å². The van der Waals surface area contributed by atoms with E-state index in [-0.39, 0.29) is 24.8 Å². The van der Waals surface area contributed by atoms with Crippen molar-refractivity contribution in [1.82, 2.24) is 20.0 Å². The highest BCUT2D eigenvalue weighted by Crippen LogP contribution is 2.31. The number of hydroxylamine groups is 2. The van der Waals surface area contributed by atoms with Gasteiger partial charge in [-0.15, -0.1) is 0 Å². The van der Waals surface area contributed by atoms with Crippen LogP contribution in [0.4, 0.5) is 0 Å². The Labute approximate surface area is 163 Å². The molecule has 0 fully saturated rings. The van der Waals surface area contributed by atoms with Gasteiger partial charge in [-0.1, -0.05) is 0 Å². The standard InChI is InChI=1S/C18H18N4O5S/c1-25-9-17(23)22-8-12-15(19-6-5-16(12)27-22)10-28(24)18-20-13-4-3-11(26-2)7-14(13)21-18/h3-7H,8-10H2,1-2H3,(H,20,21). The molecule has 0 spiro atoms. The lowest BCUT2D eigenvalue weighted by Gasteiger charge is -2.13. The predicted octanol–water partition coefficient (Wildman–Crippen LogP) is 1.56. The number of rotatable bonds is 6. The summed E-state index contributed by atoms with van der Waals surface area (Å²) in [7, 11) is 1.58. The van der Waals surface area contributed by atoms with Gasteiger partial charge in [-0.05, 0) is 12.1 Å². The van der Waals surface area contributed by atoms with Crippen LogP contribution in [0.1, 0.15) is 11.3 Å². The van der Waals surface area contributed by atoms with E-state index in [1.54, 1.807) is 37.6 Å². The van der Waals surface area contributed by atoms with Crippen molar-refractivity contribution in [3.8, 4) is 11.5 Å². The number of hydrogen-bond donors (Lipinski definition) is 1. The van der Waals surface area contributed by atoms with Crippen LogP contribution in [0.25, 0.3) is 11.0 Å². The Balaban J connectivity index is 1.55. The van der Waals surface area contributed by atoms with Crippen LogP contribution in [0.5, 0.6) is 11.5 Å². The summed E-state index contributed by atoms with van der Waals surface area (Å²) in [5.74, 6) is 1.07. The summed E-state index contributed by atoms with van der Waals surface area (Å²) in [5.41, 5.74) is 2.78. The molecule has 4 rings (SSSR count). The summed E-state index contributed by atoms with van der Waals surface area (Å²) in [5, 5.41) is 1.57. The molecule has 1 aromatic carbocycles. The smallest absolute Gasteiger partial charge is 0.281 e. The third-order valence-electron chi connectivity index (χ3n) is 4.31. The number of pyridine rings is 1. The number of carbonyl (C=O) groups excluding carboxylic acids is 1. The monoisotopic (exact) mass is 402 g/mol. The van der Waals surface area contributed by atoms with Crippen molar-refractivity contribution in [3.63, 3.8) is 0 Å². The lowest BCUT2D eigenvalue weighted by atomic mass is 10.2. The van der Waals surface area contributed by atoms with E-state index in [0.717, 1.165) is 11.1 Å². The summed E-state index contributed by atoms with van der Waals surface area (Å²) in [4.78, 5) is 29.3. The number of fused-ring (bicyclic) bond motifs is 2. The molecule has 10 heteroatoms. The maximum Gasteiger partial charge on any atom is 0.281 e. The van der Waals surface area contributed by atoms with E-state index in [4.69, 9.17) is 14.3 Å². The number of ether oxygens (including phenoxy) is 2. The maximum atomic E-state index is 12.9. The van der Waals surface area contributed by atoms with E-state index in [2.05, 4.69) is 15.0 Å². The number of amides is 1. The third kappa shape index (κ3) is 3.43. The molecule has 0 aliphatic carbocycles. The van der Waals surface area contributed by atoms with Crippen molar-refractivity contribution < 1.29 is 23.3 Å². The molecule has 1 atom stereocenters. The van der Waals surface area contributed by atoms with Gasteiger partial charge < -0.3 is 19.3 Å². The lowest BCUT2D eigenvalue weighted by molar-refractivity contribution is -0.159. The van der Waals surface area contributed by atoms with Crippen LogP contribution in [0.2, 0.25) is 0 Å². The molecule has 0 saturated heterocycles. The molecule has 9 nitrogen and oxygen atoms in total. The zero-order chi connectivity index (χ0) is 19.7. The molecule has 1 unspecified atom stereocenters. The average Bonchev–Trinajstić information content (AvgIpc) is 3.32. The SMILES string of the molecule is COCC(=O)N1Cc2c(ccnc2CS(=O)c2nc3ccc(OC)cc3[nH]2)O1. The number of benzene rings is 1. The van der Waals surface area contributed by atoms with Gasteiger partial charge in [0.1, 0.15) is 12.4 Å². The average molecular weight is 402 g/mol. The zero-order valence-corrected chi connectivity index (χ0v) is 16.1. The summed E-state index contributed by atoms with van der Waals surface area (Å²) in [6.45, 7) is 0.153. The van der Waals surface area contributed by atoms with Crippen LogP contribution in [0, 0.1) is 0 Å². The number of aromatic nitrogens is 3. The van der Waals surface area contributed by atoms with E-state index >= 15 is 0 Å². The first-order valence-corrected chi connectivity index (χ1v) is 9.77. The Bertz CT molecular complexity index is 1070. The first kappa shape index (κ1) is 18.4. The van der Waals surface area contributed by atoms with Crippen LogP contribution in [0.3, 0.4) is 0 Å². The van der Waals surface area contributed by atoms with Gasteiger partial charge >= 0.3 is 0 Å². The predicted molar refractivity (Wildman–Crippen MR) is 100 cm³/mol. The number of nitrogens with zero attached hydrogens (tertiary/aromatic N) is 3. The topological polar surface area (TPSA) is 107 Å². The van der Waals surface area contributed by atoms with Crippen molar-refractivity contribution in [2.24, 2.45) is 0 Å². The molecule has 2 aromatic heterocycles. The second-order valence-corrected chi connectivity index (χ2v) is 7.47. The fourth-order valence-corrected chi connectivity index (χ4v) is 3.97. The number of methoxy groups -OCH3 is 2. The minimum atomic E-state index is -1.45. The lowest BCUT2D eigenvalue weighted by Crippen LogP contribution is -2.32. The Morgan fingerprint density at radius 2 is 2.21 bits per heavy atom. The van der Waals surface area contributed by atoms with Crippen LogP contribution in [-0.2, 0) is 32.6 Å². The summed E-state index contributed by atoms with van der Waals surface area (Å²) in [6, 6.07) is 7.07. The van der Waals surface area contributed by atoms with Gasteiger partial charge in [0.2, 0.25) is 0 Å². The molecule has 3 heterocycles. The van der Waals surface area contributed by atoms with Gasteiger partial charge in [-0.2, -0.15) is 5.06 Å². The highest BCUT2D eigenvalue weighted by Gasteiger charge is 2.29. The second-order valence-electron chi connectivity index (χ2n) is 6.10. The molecule has 0 saturated carbocycles. The minimum absolute atomic E-state index is 0.0782. The molecule has 1 aliphatic rings. The Hall–Kier alpha value is -2.98. The van der Waals surface area contributed by atoms with Crippen molar-refractivity contribution >= 4 is 27.7 Å². The molecular weight excluding hydrogens is 384 g/mol. The zero-order valence-electron chi connectivity index (χ0n) is 15.3. The van der Waals surface area contributed by atoms with E-state index in [0.29, 0.717) is 27.9 Å². The van der Waals surface area contributed by atoms with E-state index in [1.807, 2.05) is 0 Å². The molecule has 1 aliphatic heterocycles. The fraction of sp³-hybridized carbons (Fsp3) is 0.278. The van der Waals surface area contributed by atoms with Gasteiger partial charge in [0.05, 0.1) is 46.9 Å². The second kappa shape index (κ2) is 7.56. The molecule has 28 heavy (non-hydrogen) atoms. The van der Waals surface area contributed by atoms with Crippen molar-refractivity contribution in [3.05, 3.63) is 41.7 Å². The number of hydrogen-bond acceptors (Lipinski definition) is 7. The maximum absolute atomic E-state index is 12.9. The first-order chi connectivity index (χ1) is 13.6. The molecule has 1 amide bonds. The number of carbonyl (C=O) groups is 1. The van der Waals surface area contributed by atoms with E-state index < -0.39 is 10.8 Å². The quantitative estimate of drug-likeness (QED) is 0.667. The first-order valence-electron chi connectivity index (χ1n) is 8.45. The molecule has 0 radical (unpaired) electrons. The molecule has 0 bridgehead atoms. The van der Waals surface area contributed by atoms with Gasteiger partial charge in [0.15, 0.2) is 10.9 Å². The number of imidazole rings is 1. The number of aromatic amines is 1. The van der Waals surface area contributed by atoms with Crippen LogP contribution in [-0.4, -0.2) is 51.0 Å². The Morgan fingerprint density at radius 3 is 3.00 bits per heavy atom. The highest BCUT2D eigenvalue weighted by atomic mass is 32.2. The number of H-pyrrole nitrogens is 1. The normalized spacial score (nSPS) is 14.0. The highest BCUT2D eigenvalue weighted by molar-refractivity contribution is 7.84. The Kier molecular flexibility index (Phi) is 4.97. The van der Waals surface area contributed by atoms with Gasteiger partial charge in [-0.25, -0.2) is 4.98 Å². The Morgan fingerprint density at radius 1 is 1.36 bits per heavy atom. The summed E-state index contributed by atoms with van der Waals surface area (Å²) < 4.78 is 22.9. The van der Waals surface area contributed by atoms with E-state index in [9.17, 15) is 9.00 Å². The largest absolute Gasteiger partial charge is 0.497 e. The third-order valence-corrected chi connectivity index (χ3v) is 5.47. The van der Waals surface area contributed by atoms with Gasteiger partial charge in [0.25, 0.3) is 5.91 Å². The van der Waals surface area contributed by atoms with Crippen LogP contribution >= 0.6 is 0 Å². The van der Waals surface area contributed by atoms with Crippen LogP contribution < -0.4 is 9.57 Å². The minimum Gasteiger partial charge on any atom is -0.497 e. The van der Waals surface area contributed by atoms with Crippen molar-refractivity contribution in [2.75, 3.05) is 20.8 Å². The molecular formula is C18H18N4O5S.